The second-order valence-electron chi connectivity index (χ2n) is 4.19. The number of phenols is 2. The Hall–Kier alpha value is -2.60. The highest BCUT2D eigenvalue weighted by Gasteiger charge is 2.17. The molecule has 100 valence electrons. The van der Waals surface area contributed by atoms with Gasteiger partial charge in [-0.2, -0.15) is 5.10 Å². The Bertz CT molecular complexity index is 789. The molecule has 3 N–H and O–H groups in total. The fourth-order valence-corrected chi connectivity index (χ4v) is 2.28. The monoisotopic (exact) mass is 285 g/mol. The first-order chi connectivity index (χ1) is 9.68. The minimum atomic E-state index is -0.0591. The molecule has 0 saturated heterocycles. The average molecular weight is 285 g/mol. The molecule has 0 aliphatic heterocycles. The van der Waals surface area contributed by atoms with Crippen molar-refractivity contribution in [3.8, 4) is 28.6 Å². The van der Waals surface area contributed by atoms with Crippen LogP contribution in [0.3, 0.4) is 0 Å². The van der Waals surface area contributed by atoms with Gasteiger partial charge in [-0.25, -0.2) is 0 Å². The van der Waals surface area contributed by atoms with E-state index in [4.69, 9.17) is 12.2 Å². The first-order valence-corrected chi connectivity index (χ1v) is 6.33. The zero-order chi connectivity index (χ0) is 14.1. The molecule has 0 spiro atoms. The highest BCUT2D eigenvalue weighted by atomic mass is 32.1. The molecular weight excluding hydrogens is 274 g/mol. The molecule has 0 fully saturated rings. The number of para-hydroxylation sites is 1. The average Bonchev–Trinajstić information content (AvgIpc) is 2.81. The lowest BCUT2D eigenvalue weighted by atomic mass is 10.1. The van der Waals surface area contributed by atoms with E-state index in [0.29, 0.717) is 10.6 Å². The van der Waals surface area contributed by atoms with Crippen LogP contribution in [0.5, 0.6) is 11.5 Å². The van der Waals surface area contributed by atoms with Gasteiger partial charge in [0.1, 0.15) is 17.1 Å². The Morgan fingerprint density at radius 1 is 0.950 bits per heavy atom. The number of H-pyrrole nitrogens is 1. The van der Waals surface area contributed by atoms with E-state index < -0.39 is 0 Å². The first kappa shape index (κ1) is 12.4. The Morgan fingerprint density at radius 3 is 2.25 bits per heavy atom. The maximum atomic E-state index is 9.96. The van der Waals surface area contributed by atoms with Gasteiger partial charge in [0, 0.05) is 5.69 Å². The van der Waals surface area contributed by atoms with Gasteiger partial charge in [-0.3, -0.25) is 9.67 Å². The van der Waals surface area contributed by atoms with Crippen LogP contribution in [-0.4, -0.2) is 25.0 Å². The van der Waals surface area contributed by atoms with E-state index in [2.05, 4.69) is 10.2 Å². The second kappa shape index (κ2) is 4.82. The predicted molar refractivity (Wildman–Crippen MR) is 77.5 cm³/mol. The van der Waals surface area contributed by atoms with Crippen LogP contribution < -0.4 is 0 Å². The maximum Gasteiger partial charge on any atom is 0.200 e. The molecule has 3 aromatic rings. The summed E-state index contributed by atoms with van der Waals surface area (Å²) in [4.78, 5) is 0. The summed E-state index contributed by atoms with van der Waals surface area (Å²) in [5, 5.41) is 26.7. The van der Waals surface area contributed by atoms with Crippen molar-refractivity contribution in [3.63, 3.8) is 0 Å². The maximum absolute atomic E-state index is 9.96. The van der Waals surface area contributed by atoms with Gasteiger partial charge in [-0.05, 0) is 36.5 Å². The van der Waals surface area contributed by atoms with Crippen molar-refractivity contribution in [2.75, 3.05) is 0 Å². The number of benzene rings is 2. The Morgan fingerprint density at radius 2 is 1.60 bits per heavy atom. The summed E-state index contributed by atoms with van der Waals surface area (Å²) < 4.78 is 2.04. The molecule has 20 heavy (non-hydrogen) atoms. The number of hydrogen-bond donors (Lipinski definition) is 3. The molecule has 0 unspecified atom stereocenters. The molecule has 0 radical (unpaired) electrons. The van der Waals surface area contributed by atoms with Crippen LogP contribution in [-0.2, 0) is 0 Å². The number of rotatable bonds is 2. The van der Waals surface area contributed by atoms with Crippen molar-refractivity contribution in [1.29, 1.82) is 0 Å². The largest absolute Gasteiger partial charge is 0.507 e. The fourth-order valence-electron chi connectivity index (χ4n) is 2.04. The van der Waals surface area contributed by atoms with Crippen molar-refractivity contribution in [2.24, 2.45) is 0 Å². The fraction of sp³-hybridized carbons (Fsp3) is 0. The Balaban J connectivity index is 2.30. The first-order valence-electron chi connectivity index (χ1n) is 5.92. The smallest absolute Gasteiger partial charge is 0.200 e. The molecule has 0 aliphatic carbocycles. The number of aromatic hydroxyl groups is 2. The standard InChI is InChI=1S/C14H11N3O2S/c18-10-7-4-8-11(19)12(10)13-15-16-14(20)17(13)9-5-2-1-3-6-9/h1-8,18-19H,(H,16,20). The van der Waals surface area contributed by atoms with Crippen molar-refractivity contribution in [3.05, 3.63) is 53.3 Å². The molecule has 0 saturated carbocycles. The molecule has 0 atom stereocenters. The lowest BCUT2D eigenvalue weighted by Crippen LogP contribution is -1.97. The van der Waals surface area contributed by atoms with Gasteiger partial charge in [-0.1, -0.05) is 24.3 Å². The minimum Gasteiger partial charge on any atom is -0.507 e. The van der Waals surface area contributed by atoms with Gasteiger partial charge >= 0.3 is 0 Å². The van der Waals surface area contributed by atoms with Crippen molar-refractivity contribution < 1.29 is 10.2 Å². The highest BCUT2D eigenvalue weighted by Crippen LogP contribution is 2.36. The lowest BCUT2D eigenvalue weighted by Gasteiger charge is -2.09. The molecule has 0 bridgehead atoms. The normalized spacial score (nSPS) is 10.6. The summed E-state index contributed by atoms with van der Waals surface area (Å²) in [7, 11) is 0. The van der Waals surface area contributed by atoms with Crippen LogP contribution in [0.2, 0.25) is 0 Å². The van der Waals surface area contributed by atoms with Crippen LogP contribution in [0, 0.1) is 4.77 Å². The third-order valence-corrected chi connectivity index (χ3v) is 3.20. The quantitative estimate of drug-likeness (QED) is 0.633. The van der Waals surface area contributed by atoms with E-state index in [-0.39, 0.29) is 17.1 Å². The van der Waals surface area contributed by atoms with Gasteiger partial charge in [0.2, 0.25) is 0 Å². The van der Waals surface area contributed by atoms with E-state index in [1.54, 1.807) is 10.6 Å². The van der Waals surface area contributed by atoms with Gasteiger partial charge < -0.3 is 10.2 Å². The number of aromatic amines is 1. The van der Waals surface area contributed by atoms with E-state index in [1.807, 2.05) is 30.3 Å². The summed E-state index contributed by atoms with van der Waals surface area (Å²) in [5.41, 5.74) is 1.03. The summed E-state index contributed by atoms with van der Waals surface area (Å²) >= 11 is 5.22. The molecule has 5 nitrogen and oxygen atoms in total. The molecule has 1 aromatic heterocycles. The summed E-state index contributed by atoms with van der Waals surface area (Å²) in [6, 6.07) is 13.9. The molecule has 2 aromatic carbocycles. The second-order valence-corrected chi connectivity index (χ2v) is 4.58. The molecular formula is C14H11N3O2S. The van der Waals surface area contributed by atoms with Gasteiger partial charge in [-0.15, -0.1) is 0 Å². The van der Waals surface area contributed by atoms with Crippen LogP contribution in [0.1, 0.15) is 0 Å². The zero-order valence-electron chi connectivity index (χ0n) is 10.3. The molecule has 0 amide bonds. The van der Waals surface area contributed by atoms with E-state index in [0.717, 1.165) is 5.69 Å². The molecule has 6 heteroatoms. The molecule has 0 aliphatic rings. The number of hydrogen-bond acceptors (Lipinski definition) is 4. The topological polar surface area (TPSA) is 74.1 Å². The lowest BCUT2D eigenvalue weighted by molar-refractivity contribution is 0.453. The summed E-state index contributed by atoms with van der Waals surface area (Å²) in [6.45, 7) is 0. The van der Waals surface area contributed by atoms with E-state index in [1.165, 1.54) is 12.1 Å². The van der Waals surface area contributed by atoms with Crippen LogP contribution in [0.4, 0.5) is 0 Å². The summed E-state index contributed by atoms with van der Waals surface area (Å²) in [5.74, 6) is 0.240. The third-order valence-electron chi connectivity index (χ3n) is 2.93. The zero-order valence-corrected chi connectivity index (χ0v) is 11.1. The van der Waals surface area contributed by atoms with Gasteiger partial charge in [0.25, 0.3) is 0 Å². The minimum absolute atomic E-state index is 0.0591. The number of aromatic nitrogens is 3. The van der Waals surface area contributed by atoms with Crippen molar-refractivity contribution >= 4 is 12.2 Å². The van der Waals surface area contributed by atoms with E-state index >= 15 is 0 Å². The Kier molecular flexibility index (Phi) is 3.00. The van der Waals surface area contributed by atoms with Crippen molar-refractivity contribution in [1.82, 2.24) is 14.8 Å². The molecule has 1 heterocycles. The Labute approximate surface area is 119 Å². The molecule has 3 rings (SSSR count). The number of nitrogens with one attached hydrogen (secondary N) is 1. The SMILES string of the molecule is Oc1cccc(O)c1-c1n[nH]c(=S)n1-c1ccccc1. The third kappa shape index (κ3) is 1.96. The predicted octanol–water partition coefficient (Wildman–Crippen LogP) is 3.01. The van der Waals surface area contributed by atoms with Crippen LogP contribution in [0.25, 0.3) is 17.1 Å². The number of nitrogens with zero attached hydrogens (tertiary/aromatic N) is 2. The van der Waals surface area contributed by atoms with Crippen LogP contribution >= 0.6 is 12.2 Å². The van der Waals surface area contributed by atoms with Gasteiger partial charge in [0.15, 0.2) is 10.6 Å². The van der Waals surface area contributed by atoms with Gasteiger partial charge in [0.05, 0.1) is 0 Å². The highest BCUT2D eigenvalue weighted by molar-refractivity contribution is 7.71. The summed E-state index contributed by atoms with van der Waals surface area (Å²) in [6.07, 6.45) is 0. The van der Waals surface area contributed by atoms with E-state index in [9.17, 15) is 10.2 Å². The number of phenolic OH excluding ortho intramolecular Hbond substituents is 2. The van der Waals surface area contributed by atoms with Crippen LogP contribution in [0.15, 0.2) is 48.5 Å². The van der Waals surface area contributed by atoms with Crippen molar-refractivity contribution in [2.45, 2.75) is 0 Å².